The number of nitrogens with zero attached hydrogens (tertiary/aromatic N) is 1. The number of hydrogen-bond acceptors (Lipinski definition) is 3. The second kappa shape index (κ2) is 7.04. The van der Waals surface area contributed by atoms with Crippen LogP contribution in [0.4, 0.5) is 0 Å². The molecule has 0 atom stereocenters. The summed E-state index contributed by atoms with van der Waals surface area (Å²) in [5.74, 6) is -0.282. The number of carbonyl (C=O) groups excluding carboxylic acids is 2. The van der Waals surface area contributed by atoms with E-state index in [1.54, 1.807) is 4.90 Å². The lowest BCUT2D eigenvalue weighted by Crippen LogP contribution is -2.30. The van der Waals surface area contributed by atoms with E-state index in [2.05, 4.69) is 0 Å². The van der Waals surface area contributed by atoms with Gasteiger partial charge in [0.2, 0.25) is 5.91 Å². The van der Waals surface area contributed by atoms with E-state index in [1.165, 1.54) is 12.3 Å². The van der Waals surface area contributed by atoms with E-state index in [9.17, 15) is 9.59 Å². The summed E-state index contributed by atoms with van der Waals surface area (Å²) in [6, 6.07) is 0. The first-order valence-corrected chi connectivity index (χ1v) is 5.88. The van der Waals surface area contributed by atoms with Gasteiger partial charge in [-0.05, 0) is 19.3 Å². The zero-order chi connectivity index (χ0) is 11.8. The van der Waals surface area contributed by atoms with Crippen molar-refractivity contribution in [1.29, 1.82) is 0 Å². The molecule has 1 rings (SSSR count). The summed E-state index contributed by atoms with van der Waals surface area (Å²) in [4.78, 5) is 24.2. The van der Waals surface area contributed by atoms with E-state index in [0.717, 1.165) is 25.7 Å². The van der Waals surface area contributed by atoms with Crippen molar-refractivity contribution >= 4 is 11.9 Å². The molecule has 0 radical (unpaired) electrons. The molecule has 0 unspecified atom stereocenters. The predicted octanol–water partition coefficient (Wildman–Crippen LogP) is 1.86. The van der Waals surface area contributed by atoms with Crippen molar-refractivity contribution in [2.75, 3.05) is 13.2 Å². The fourth-order valence-corrected chi connectivity index (χ4v) is 1.50. The molecule has 0 aromatic carbocycles. The van der Waals surface area contributed by atoms with Crippen molar-refractivity contribution < 1.29 is 14.3 Å². The second-order valence-electron chi connectivity index (χ2n) is 3.88. The third-order valence-electron chi connectivity index (χ3n) is 2.49. The molecule has 4 heteroatoms. The molecule has 0 aromatic rings. The van der Waals surface area contributed by atoms with Gasteiger partial charge in [0, 0.05) is 25.2 Å². The molecule has 16 heavy (non-hydrogen) atoms. The topological polar surface area (TPSA) is 46.6 Å². The van der Waals surface area contributed by atoms with Gasteiger partial charge < -0.3 is 9.64 Å². The molecule has 1 heterocycles. The number of amides is 1. The molecule has 1 saturated heterocycles. The maximum absolute atomic E-state index is 11.4. The van der Waals surface area contributed by atoms with Crippen LogP contribution in [-0.4, -0.2) is 29.9 Å². The molecule has 0 aliphatic carbocycles. The molecule has 1 aliphatic heterocycles. The quantitative estimate of drug-likeness (QED) is 0.407. The third-order valence-corrected chi connectivity index (χ3v) is 2.49. The van der Waals surface area contributed by atoms with E-state index in [-0.39, 0.29) is 11.9 Å². The first kappa shape index (κ1) is 12.7. The monoisotopic (exact) mass is 225 g/mol. The number of carbonyl (C=O) groups is 2. The third kappa shape index (κ3) is 4.47. The molecule has 90 valence electrons. The number of ether oxygens (including phenoxy) is 1. The van der Waals surface area contributed by atoms with Gasteiger partial charge in [-0.15, -0.1) is 0 Å². The lowest BCUT2D eigenvalue weighted by molar-refractivity contribution is -0.137. The highest BCUT2D eigenvalue weighted by atomic mass is 16.5. The minimum Gasteiger partial charge on any atom is -0.462 e. The fraction of sp³-hybridized carbons (Fsp3) is 0.667. The lowest BCUT2D eigenvalue weighted by Gasteiger charge is -2.22. The number of hydrogen-bond donors (Lipinski definition) is 0. The van der Waals surface area contributed by atoms with Crippen molar-refractivity contribution in [3.8, 4) is 0 Å². The van der Waals surface area contributed by atoms with Crippen LogP contribution in [-0.2, 0) is 14.3 Å². The van der Waals surface area contributed by atoms with Gasteiger partial charge in [-0.25, -0.2) is 4.79 Å². The normalized spacial score (nSPS) is 16.8. The summed E-state index contributed by atoms with van der Waals surface area (Å²) in [6.45, 7) is 3.20. The van der Waals surface area contributed by atoms with Crippen molar-refractivity contribution in [2.45, 2.75) is 39.0 Å². The van der Waals surface area contributed by atoms with Crippen LogP contribution < -0.4 is 0 Å². The van der Waals surface area contributed by atoms with Crippen LogP contribution in [0.2, 0.25) is 0 Å². The Morgan fingerprint density at radius 1 is 1.50 bits per heavy atom. The van der Waals surface area contributed by atoms with E-state index >= 15 is 0 Å². The molecule has 0 saturated carbocycles. The minimum absolute atomic E-state index is 0.0869. The second-order valence-corrected chi connectivity index (χ2v) is 3.88. The highest BCUT2D eigenvalue weighted by Gasteiger charge is 2.15. The minimum atomic E-state index is -0.369. The predicted molar refractivity (Wildman–Crippen MR) is 60.6 cm³/mol. The van der Waals surface area contributed by atoms with E-state index in [4.69, 9.17) is 4.74 Å². The number of likely N-dealkylation sites (tertiary alicyclic amines) is 1. The Morgan fingerprint density at radius 2 is 2.31 bits per heavy atom. The van der Waals surface area contributed by atoms with Gasteiger partial charge in [0.05, 0.1) is 6.61 Å². The highest BCUT2D eigenvalue weighted by Crippen LogP contribution is 2.10. The van der Waals surface area contributed by atoms with Crippen LogP contribution in [0.1, 0.15) is 39.0 Å². The maximum Gasteiger partial charge on any atom is 0.332 e. The zero-order valence-electron chi connectivity index (χ0n) is 9.78. The summed E-state index contributed by atoms with van der Waals surface area (Å²) >= 11 is 0. The van der Waals surface area contributed by atoms with Gasteiger partial charge >= 0.3 is 5.97 Å². The first-order valence-electron chi connectivity index (χ1n) is 5.88. The summed E-state index contributed by atoms with van der Waals surface area (Å²) in [5, 5.41) is 0. The lowest BCUT2D eigenvalue weighted by atomic mass is 10.1. The smallest absolute Gasteiger partial charge is 0.332 e. The largest absolute Gasteiger partial charge is 0.462 e. The van der Waals surface area contributed by atoms with Gasteiger partial charge in [-0.1, -0.05) is 13.3 Å². The molecule has 1 fully saturated rings. The van der Waals surface area contributed by atoms with Crippen LogP contribution in [0, 0.1) is 0 Å². The van der Waals surface area contributed by atoms with Crippen LogP contribution >= 0.6 is 0 Å². The molecular weight excluding hydrogens is 206 g/mol. The Kier molecular flexibility index (Phi) is 5.61. The maximum atomic E-state index is 11.4. The van der Waals surface area contributed by atoms with Crippen LogP contribution in [0.15, 0.2) is 12.3 Å². The Bertz CT molecular complexity index is 273. The van der Waals surface area contributed by atoms with Gasteiger partial charge in [0.15, 0.2) is 0 Å². The highest BCUT2D eigenvalue weighted by molar-refractivity contribution is 5.84. The van der Waals surface area contributed by atoms with Gasteiger partial charge in [0.1, 0.15) is 0 Å². The average molecular weight is 225 g/mol. The number of esters is 1. The summed E-state index contributed by atoms with van der Waals surface area (Å²) in [5.41, 5.74) is 0. The van der Waals surface area contributed by atoms with E-state index < -0.39 is 0 Å². The first-order chi connectivity index (χ1) is 7.74. The van der Waals surface area contributed by atoms with Gasteiger partial charge in [-0.3, -0.25) is 4.79 Å². The molecule has 0 spiro atoms. The summed E-state index contributed by atoms with van der Waals surface area (Å²) in [6.07, 6.45) is 7.28. The Balaban J connectivity index is 2.28. The molecule has 0 aromatic heterocycles. The number of rotatable bonds is 5. The van der Waals surface area contributed by atoms with Crippen molar-refractivity contribution in [3.05, 3.63) is 12.3 Å². The van der Waals surface area contributed by atoms with Crippen LogP contribution in [0.3, 0.4) is 0 Å². The molecule has 1 aliphatic rings. The average Bonchev–Trinajstić information content (AvgIpc) is 2.28. The van der Waals surface area contributed by atoms with E-state index in [0.29, 0.717) is 19.6 Å². The van der Waals surface area contributed by atoms with E-state index in [1.807, 2.05) is 6.92 Å². The number of piperidine rings is 1. The zero-order valence-corrected chi connectivity index (χ0v) is 9.78. The molecule has 1 amide bonds. The molecule has 0 bridgehead atoms. The van der Waals surface area contributed by atoms with Gasteiger partial charge in [-0.2, -0.15) is 0 Å². The van der Waals surface area contributed by atoms with Crippen molar-refractivity contribution in [2.24, 2.45) is 0 Å². The number of unbranched alkanes of at least 4 members (excludes halogenated alkanes) is 1. The standard InChI is InChI=1S/C12H19NO3/c1-2-3-10-16-12(15)7-9-13-8-5-4-6-11(13)14/h7,9H,2-6,8,10H2,1H3/b9-7+. The Labute approximate surface area is 96.3 Å². The van der Waals surface area contributed by atoms with Crippen molar-refractivity contribution in [1.82, 2.24) is 4.90 Å². The summed E-state index contributed by atoms with van der Waals surface area (Å²) < 4.78 is 4.95. The molecule has 0 N–H and O–H groups in total. The van der Waals surface area contributed by atoms with Gasteiger partial charge in [0.25, 0.3) is 0 Å². The Hall–Kier alpha value is -1.32. The SMILES string of the molecule is CCCCOC(=O)/C=C/N1CCCCC1=O. The van der Waals surface area contributed by atoms with Crippen molar-refractivity contribution in [3.63, 3.8) is 0 Å². The molecular formula is C12H19NO3. The Morgan fingerprint density at radius 3 is 3.00 bits per heavy atom. The summed E-state index contributed by atoms with van der Waals surface area (Å²) in [7, 11) is 0. The molecule has 4 nitrogen and oxygen atoms in total. The fourth-order valence-electron chi connectivity index (χ4n) is 1.50. The van der Waals surface area contributed by atoms with Crippen LogP contribution in [0.5, 0.6) is 0 Å². The van der Waals surface area contributed by atoms with Crippen LogP contribution in [0.25, 0.3) is 0 Å².